The van der Waals surface area contributed by atoms with Crippen LogP contribution in [0.5, 0.6) is 0 Å². The van der Waals surface area contributed by atoms with Crippen molar-refractivity contribution in [1.82, 2.24) is 14.6 Å². The number of hydrogen-bond acceptors (Lipinski definition) is 3. The Balaban J connectivity index is 2.22. The van der Waals surface area contributed by atoms with Gasteiger partial charge in [0, 0.05) is 5.56 Å². The maximum atomic E-state index is 4.67. The molecule has 0 aliphatic carbocycles. The summed E-state index contributed by atoms with van der Waals surface area (Å²) in [6, 6.07) is 4.41. The molecule has 18 heavy (non-hydrogen) atoms. The minimum atomic E-state index is 0.960. The minimum Gasteiger partial charge on any atom is -0.217 e. The van der Waals surface area contributed by atoms with Gasteiger partial charge in [0.1, 0.15) is 5.01 Å². The molecular formula is C14H15N3S. The normalized spacial score (nSPS) is 11.3. The van der Waals surface area contributed by atoms with E-state index in [1.807, 2.05) is 17.6 Å². The van der Waals surface area contributed by atoms with Crippen molar-refractivity contribution in [2.75, 3.05) is 0 Å². The summed E-state index contributed by atoms with van der Waals surface area (Å²) >= 11 is 1.62. The van der Waals surface area contributed by atoms with Gasteiger partial charge >= 0.3 is 0 Å². The average Bonchev–Trinajstić information content (AvgIpc) is 2.72. The molecule has 0 fully saturated rings. The number of rotatable bonds is 1. The third-order valence-electron chi connectivity index (χ3n) is 3.08. The molecule has 2 heterocycles. The molecule has 0 aliphatic heterocycles. The van der Waals surface area contributed by atoms with Crippen LogP contribution in [0.2, 0.25) is 0 Å². The third kappa shape index (κ3) is 1.73. The summed E-state index contributed by atoms with van der Waals surface area (Å²) in [5, 5.41) is 5.45. The molecule has 1 aromatic carbocycles. The van der Waals surface area contributed by atoms with Gasteiger partial charge in [-0.2, -0.15) is 5.10 Å². The van der Waals surface area contributed by atoms with Crippen LogP contribution in [0.3, 0.4) is 0 Å². The molecule has 2 aromatic heterocycles. The van der Waals surface area contributed by atoms with Crippen molar-refractivity contribution < 1.29 is 0 Å². The standard InChI is InChI=1S/C14H15N3S/c1-8-5-9(2)13(10(3)6-8)12-7-17-14(15-12)18-11(4)16-17/h5-7H,1-4H3. The second-order valence-electron chi connectivity index (χ2n) is 4.75. The van der Waals surface area contributed by atoms with Gasteiger partial charge in [0.05, 0.1) is 11.9 Å². The first-order valence-corrected chi connectivity index (χ1v) is 6.77. The van der Waals surface area contributed by atoms with Crippen LogP contribution >= 0.6 is 11.3 Å². The number of aryl methyl sites for hydroxylation is 4. The summed E-state index contributed by atoms with van der Waals surface area (Å²) in [6.45, 7) is 8.41. The number of aromatic nitrogens is 3. The molecule has 0 radical (unpaired) electrons. The van der Waals surface area contributed by atoms with Gasteiger partial charge in [-0.3, -0.25) is 0 Å². The van der Waals surface area contributed by atoms with Crippen molar-refractivity contribution in [1.29, 1.82) is 0 Å². The van der Waals surface area contributed by atoms with Gasteiger partial charge in [-0.1, -0.05) is 29.0 Å². The molecule has 0 saturated carbocycles. The van der Waals surface area contributed by atoms with Crippen LogP contribution in [-0.4, -0.2) is 14.6 Å². The highest BCUT2D eigenvalue weighted by Crippen LogP contribution is 2.28. The summed E-state index contributed by atoms with van der Waals surface area (Å²) in [6.07, 6.45) is 2.02. The maximum Gasteiger partial charge on any atom is 0.212 e. The van der Waals surface area contributed by atoms with Gasteiger partial charge in [-0.05, 0) is 38.8 Å². The molecule has 0 spiro atoms. The Morgan fingerprint density at radius 3 is 2.33 bits per heavy atom. The number of hydrogen-bond donors (Lipinski definition) is 0. The first kappa shape index (κ1) is 11.4. The monoisotopic (exact) mass is 257 g/mol. The molecule has 3 nitrogen and oxygen atoms in total. The summed E-state index contributed by atoms with van der Waals surface area (Å²) in [7, 11) is 0. The Morgan fingerprint density at radius 1 is 1.06 bits per heavy atom. The van der Waals surface area contributed by atoms with E-state index in [4.69, 9.17) is 0 Å². The molecule has 0 amide bonds. The molecule has 0 atom stereocenters. The number of imidazole rings is 1. The fraction of sp³-hybridized carbons (Fsp3) is 0.286. The van der Waals surface area contributed by atoms with E-state index in [2.05, 4.69) is 43.0 Å². The molecule has 4 heteroatoms. The number of benzene rings is 1. The van der Waals surface area contributed by atoms with E-state index in [1.165, 1.54) is 22.3 Å². The van der Waals surface area contributed by atoms with E-state index < -0.39 is 0 Å². The SMILES string of the molecule is Cc1cc(C)c(-c2cn3nc(C)sc3n2)c(C)c1. The lowest BCUT2D eigenvalue weighted by Gasteiger charge is -2.08. The van der Waals surface area contributed by atoms with Gasteiger partial charge in [0.15, 0.2) is 0 Å². The fourth-order valence-corrected chi connectivity index (χ4v) is 3.23. The summed E-state index contributed by atoms with van der Waals surface area (Å²) in [4.78, 5) is 5.63. The van der Waals surface area contributed by atoms with Crippen molar-refractivity contribution in [2.24, 2.45) is 0 Å². The highest BCUT2D eigenvalue weighted by molar-refractivity contribution is 7.16. The van der Waals surface area contributed by atoms with Crippen molar-refractivity contribution in [3.05, 3.63) is 40.0 Å². The lowest BCUT2D eigenvalue weighted by atomic mass is 9.98. The first-order valence-electron chi connectivity index (χ1n) is 5.95. The quantitative estimate of drug-likeness (QED) is 0.665. The molecule has 3 aromatic rings. The summed E-state index contributed by atoms with van der Waals surface area (Å²) in [5.74, 6) is 0. The van der Waals surface area contributed by atoms with Gasteiger partial charge in [-0.25, -0.2) is 9.50 Å². The van der Waals surface area contributed by atoms with E-state index in [-0.39, 0.29) is 0 Å². The average molecular weight is 257 g/mol. The van der Waals surface area contributed by atoms with E-state index in [1.54, 1.807) is 11.3 Å². The first-order chi connectivity index (χ1) is 8.54. The van der Waals surface area contributed by atoms with Gasteiger partial charge in [-0.15, -0.1) is 0 Å². The largest absolute Gasteiger partial charge is 0.217 e. The minimum absolute atomic E-state index is 0.960. The zero-order valence-electron chi connectivity index (χ0n) is 11.0. The van der Waals surface area contributed by atoms with Crippen LogP contribution in [0.4, 0.5) is 0 Å². The van der Waals surface area contributed by atoms with Crippen molar-refractivity contribution in [3.8, 4) is 11.3 Å². The summed E-state index contributed by atoms with van der Waals surface area (Å²) < 4.78 is 1.87. The van der Waals surface area contributed by atoms with Crippen molar-refractivity contribution in [2.45, 2.75) is 27.7 Å². The lowest BCUT2D eigenvalue weighted by molar-refractivity contribution is 0.946. The van der Waals surface area contributed by atoms with Gasteiger partial charge < -0.3 is 0 Å². The lowest BCUT2D eigenvalue weighted by Crippen LogP contribution is -1.90. The molecule has 0 unspecified atom stereocenters. The molecule has 0 N–H and O–H groups in total. The van der Waals surface area contributed by atoms with E-state index in [9.17, 15) is 0 Å². The number of fused-ring (bicyclic) bond motifs is 1. The zero-order valence-corrected chi connectivity index (χ0v) is 11.8. The van der Waals surface area contributed by atoms with Gasteiger partial charge in [0.2, 0.25) is 4.96 Å². The maximum absolute atomic E-state index is 4.67. The highest BCUT2D eigenvalue weighted by Gasteiger charge is 2.12. The molecule has 3 rings (SSSR count). The van der Waals surface area contributed by atoms with E-state index >= 15 is 0 Å². The van der Waals surface area contributed by atoms with Crippen molar-refractivity contribution in [3.63, 3.8) is 0 Å². The molecule has 92 valence electrons. The third-order valence-corrected chi connectivity index (χ3v) is 3.92. The predicted molar refractivity (Wildman–Crippen MR) is 75.2 cm³/mol. The van der Waals surface area contributed by atoms with E-state index in [0.717, 1.165) is 15.7 Å². The van der Waals surface area contributed by atoms with Crippen LogP contribution in [0.1, 0.15) is 21.7 Å². The Hall–Kier alpha value is -1.68. The Bertz CT molecular complexity index is 682. The van der Waals surface area contributed by atoms with Crippen LogP contribution in [0, 0.1) is 27.7 Å². The fourth-order valence-electron chi connectivity index (χ4n) is 2.50. The molecule has 0 saturated heterocycles. The smallest absolute Gasteiger partial charge is 0.212 e. The summed E-state index contributed by atoms with van der Waals surface area (Å²) in [5.41, 5.74) is 6.09. The van der Waals surface area contributed by atoms with E-state index in [0.29, 0.717) is 0 Å². The molecule has 0 bridgehead atoms. The second kappa shape index (κ2) is 3.92. The van der Waals surface area contributed by atoms with Crippen molar-refractivity contribution >= 4 is 16.3 Å². The molecule has 0 aliphatic rings. The Labute approximate surface area is 110 Å². The Kier molecular flexibility index (Phi) is 2.48. The Morgan fingerprint density at radius 2 is 1.72 bits per heavy atom. The van der Waals surface area contributed by atoms with Crippen LogP contribution in [0.15, 0.2) is 18.3 Å². The van der Waals surface area contributed by atoms with Crippen LogP contribution < -0.4 is 0 Å². The van der Waals surface area contributed by atoms with Gasteiger partial charge in [0.25, 0.3) is 0 Å². The zero-order chi connectivity index (χ0) is 12.9. The predicted octanol–water partition coefficient (Wildman–Crippen LogP) is 3.69. The second-order valence-corrected chi connectivity index (χ2v) is 5.91. The molecular weight excluding hydrogens is 242 g/mol. The highest BCUT2D eigenvalue weighted by atomic mass is 32.1. The number of nitrogens with zero attached hydrogens (tertiary/aromatic N) is 3. The van der Waals surface area contributed by atoms with Crippen LogP contribution in [0.25, 0.3) is 16.2 Å². The topological polar surface area (TPSA) is 30.2 Å². The van der Waals surface area contributed by atoms with Crippen LogP contribution in [-0.2, 0) is 0 Å².